The van der Waals surface area contributed by atoms with E-state index in [0.717, 1.165) is 16.5 Å². The quantitative estimate of drug-likeness (QED) is 0.750. The predicted molar refractivity (Wildman–Crippen MR) is 96.4 cm³/mol. The highest BCUT2D eigenvalue weighted by molar-refractivity contribution is 9.10. The van der Waals surface area contributed by atoms with Gasteiger partial charge in [0.2, 0.25) is 5.91 Å². The van der Waals surface area contributed by atoms with Gasteiger partial charge in [-0.3, -0.25) is 4.79 Å². The summed E-state index contributed by atoms with van der Waals surface area (Å²) in [6.07, 6.45) is 0.772. The van der Waals surface area contributed by atoms with Crippen molar-refractivity contribution in [1.29, 1.82) is 0 Å². The Morgan fingerprint density at radius 2 is 2.04 bits per heavy atom. The molecule has 1 saturated carbocycles. The average Bonchev–Trinajstić information content (AvgIpc) is 3.35. The number of anilines is 1. The van der Waals surface area contributed by atoms with Crippen molar-refractivity contribution >= 4 is 45.1 Å². The SMILES string of the molecule is COC(=O)c1ccc(Br)cc1NC(=O)[C@H]1C[C@@H]1c1cccc(Cl)c1. The van der Waals surface area contributed by atoms with Crippen LogP contribution in [-0.4, -0.2) is 19.0 Å². The van der Waals surface area contributed by atoms with E-state index in [-0.39, 0.29) is 17.7 Å². The van der Waals surface area contributed by atoms with Gasteiger partial charge in [0.05, 0.1) is 18.4 Å². The Morgan fingerprint density at radius 1 is 1.25 bits per heavy atom. The zero-order valence-electron chi connectivity index (χ0n) is 12.9. The van der Waals surface area contributed by atoms with Crippen LogP contribution in [0.15, 0.2) is 46.9 Å². The number of esters is 1. The Morgan fingerprint density at radius 3 is 2.75 bits per heavy atom. The minimum Gasteiger partial charge on any atom is -0.465 e. The molecule has 0 heterocycles. The number of rotatable bonds is 4. The molecule has 1 aliphatic carbocycles. The van der Waals surface area contributed by atoms with E-state index in [2.05, 4.69) is 21.2 Å². The van der Waals surface area contributed by atoms with Crippen molar-refractivity contribution in [2.45, 2.75) is 12.3 Å². The van der Waals surface area contributed by atoms with Crippen molar-refractivity contribution in [3.05, 3.63) is 63.1 Å². The van der Waals surface area contributed by atoms with Gasteiger partial charge in [-0.05, 0) is 48.2 Å². The predicted octanol–water partition coefficient (Wildman–Crippen LogP) is 4.63. The van der Waals surface area contributed by atoms with Crippen LogP contribution in [0.25, 0.3) is 0 Å². The zero-order chi connectivity index (χ0) is 17.3. The topological polar surface area (TPSA) is 55.4 Å². The molecule has 3 rings (SSSR count). The van der Waals surface area contributed by atoms with Crippen LogP contribution >= 0.6 is 27.5 Å². The highest BCUT2D eigenvalue weighted by Gasteiger charge is 2.44. The summed E-state index contributed by atoms with van der Waals surface area (Å²) in [5.41, 5.74) is 1.83. The van der Waals surface area contributed by atoms with E-state index >= 15 is 0 Å². The number of carbonyl (C=O) groups excluding carboxylic acids is 2. The van der Waals surface area contributed by atoms with E-state index in [1.165, 1.54) is 7.11 Å². The number of amides is 1. The first-order chi connectivity index (χ1) is 11.5. The number of nitrogens with one attached hydrogen (secondary N) is 1. The highest BCUT2D eigenvalue weighted by atomic mass is 79.9. The van der Waals surface area contributed by atoms with Gasteiger partial charge in [0, 0.05) is 15.4 Å². The van der Waals surface area contributed by atoms with Crippen molar-refractivity contribution in [2.24, 2.45) is 5.92 Å². The largest absolute Gasteiger partial charge is 0.465 e. The van der Waals surface area contributed by atoms with E-state index in [9.17, 15) is 9.59 Å². The smallest absolute Gasteiger partial charge is 0.339 e. The number of benzene rings is 2. The van der Waals surface area contributed by atoms with Crippen LogP contribution in [0, 0.1) is 5.92 Å². The molecule has 0 bridgehead atoms. The van der Waals surface area contributed by atoms with E-state index in [4.69, 9.17) is 16.3 Å². The van der Waals surface area contributed by atoms with Gasteiger partial charge < -0.3 is 10.1 Å². The molecule has 124 valence electrons. The number of methoxy groups -OCH3 is 1. The molecular weight excluding hydrogens is 394 g/mol. The third kappa shape index (κ3) is 3.62. The Balaban J connectivity index is 1.75. The molecule has 0 aliphatic heterocycles. The van der Waals surface area contributed by atoms with Gasteiger partial charge in [-0.15, -0.1) is 0 Å². The molecule has 0 saturated heterocycles. The van der Waals surface area contributed by atoms with Crippen molar-refractivity contribution in [3.63, 3.8) is 0 Å². The van der Waals surface area contributed by atoms with Gasteiger partial charge in [0.1, 0.15) is 0 Å². The molecule has 0 aromatic heterocycles. The van der Waals surface area contributed by atoms with Crippen molar-refractivity contribution < 1.29 is 14.3 Å². The second-order valence-corrected chi connectivity index (χ2v) is 7.03. The van der Waals surface area contributed by atoms with Crippen LogP contribution in [0.3, 0.4) is 0 Å². The minimum absolute atomic E-state index is 0.108. The fourth-order valence-corrected chi connectivity index (χ4v) is 3.28. The second-order valence-electron chi connectivity index (χ2n) is 5.67. The zero-order valence-corrected chi connectivity index (χ0v) is 15.2. The number of hydrogen-bond acceptors (Lipinski definition) is 3. The molecule has 0 unspecified atom stereocenters. The second kappa shape index (κ2) is 6.95. The summed E-state index contributed by atoms with van der Waals surface area (Å²) < 4.78 is 5.53. The summed E-state index contributed by atoms with van der Waals surface area (Å²) in [4.78, 5) is 24.3. The maximum Gasteiger partial charge on any atom is 0.339 e. The molecule has 1 amide bonds. The Bertz CT molecular complexity index is 809. The first-order valence-electron chi connectivity index (χ1n) is 7.44. The van der Waals surface area contributed by atoms with Crippen LogP contribution in [0.4, 0.5) is 5.69 Å². The fourth-order valence-electron chi connectivity index (χ4n) is 2.72. The molecule has 2 aromatic rings. The van der Waals surface area contributed by atoms with Crippen molar-refractivity contribution in [2.75, 3.05) is 12.4 Å². The summed E-state index contributed by atoms with van der Waals surface area (Å²) in [5, 5.41) is 3.51. The molecule has 0 spiro atoms. The number of carbonyl (C=O) groups is 2. The van der Waals surface area contributed by atoms with Crippen LogP contribution < -0.4 is 5.32 Å². The van der Waals surface area contributed by atoms with Crippen molar-refractivity contribution in [1.82, 2.24) is 0 Å². The molecule has 1 aliphatic rings. The molecule has 6 heteroatoms. The number of ether oxygens (including phenoxy) is 1. The molecule has 24 heavy (non-hydrogen) atoms. The van der Waals surface area contributed by atoms with E-state index in [1.807, 2.05) is 24.3 Å². The van der Waals surface area contributed by atoms with Gasteiger partial charge in [0.15, 0.2) is 0 Å². The van der Waals surface area contributed by atoms with Gasteiger partial charge in [-0.1, -0.05) is 39.7 Å². The third-order valence-corrected chi connectivity index (χ3v) is 4.78. The Labute approximate surface area is 153 Å². The lowest BCUT2D eigenvalue weighted by Gasteiger charge is -2.10. The van der Waals surface area contributed by atoms with Gasteiger partial charge in [-0.2, -0.15) is 0 Å². The molecule has 2 aromatic carbocycles. The highest BCUT2D eigenvalue weighted by Crippen LogP contribution is 2.48. The third-order valence-electron chi connectivity index (χ3n) is 4.05. The lowest BCUT2D eigenvalue weighted by atomic mass is 10.1. The molecule has 0 radical (unpaired) electrons. The number of halogens is 2. The lowest BCUT2D eigenvalue weighted by Crippen LogP contribution is -2.17. The van der Waals surface area contributed by atoms with Crippen molar-refractivity contribution in [3.8, 4) is 0 Å². The van der Waals surface area contributed by atoms with Crippen LogP contribution in [-0.2, 0) is 9.53 Å². The maximum absolute atomic E-state index is 12.5. The fraction of sp³-hybridized carbons (Fsp3) is 0.222. The Kier molecular flexibility index (Phi) is 4.92. The summed E-state index contributed by atoms with van der Waals surface area (Å²) >= 11 is 9.35. The number of hydrogen-bond donors (Lipinski definition) is 1. The lowest BCUT2D eigenvalue weighted by molar-refractivity contribution is -0.117. The molecule has 1 fully saturated rings. The summed E-state index contributed by atoms with van der Waals surface area (Å²) in [6.45, 7) is 0. The molecule has 2 atom stereocenters. The van der Waals surface area contributed by atoms with E-state index < -0.39 is 5.97 Å². The maximum atomic E-state index is 12.5. The average molecular weight is 409 g/mol. The summed E-state index contributed by atoms with van der Waals surface area (Å²) in [7, 11) is 1.31. The minimum atomic E-state index is -0.486. The van der Waals surface area contributed by atoms with E-state index in [1.54, 1.807) is 18.2 Å². The molecule has 4 nitrogen and oxygen atoms in total. The van der Waals surface area contributed by atoms with Crippen LogP contribution in [0.2, 0.25) is 5.02 Å². The summed E-state index contributed by atoms with van der Waals surface area (Å²) in [6, 6.07) is 12.6. The van der Waals surface area contributed by atoms with Crippen LogP contribution in [0.1, 0.15) is 28.3 Å². The Hall–Kier alpha value is -1.85. The van der Waals surface area contributed by atoms with Gasteiger partial charge in [0.25, 0.3) is 0 Å². The molecular formula is C18H15BrClNO3. The summed E-state index contributed by atoms with van der Waals surface area (Å²) in [5.74, 6) is -0.548. The van der Waals surface area contributed by atoms with Gasteiger partial charge >= 0.3 is 5.97 Å². The molecule has 1 N–H and O–H groups in total. The van der Waals surface area contributed by atoms with Crippen LogP contribution in [0.5, 0.6) is 0 Å². The first-order valence-corrected chi connectivity index (χ1v) is 8.61. The van der Waals surface area contributed by atoms with E-state index in [0.29, 0.717) is 16.3 Å². The monoisotopic (exact) mass is 407 g/mol. The normalized spacial score (nSPS) is 18.8. The first kappa shape index (κ1) is 17.0. The van der Waals surface area contributed by atoms with Gasteiger partial charge in [-0.25, -0.2) is 4.79 Å². The standard InChI is InChI=1S/C18H15BrClNO3/c1-24-18(23)13-6-5-11(19)8-16(13)21-17(22)15-9-14(15)10-3-2-4-12(20)7-10/h2-8,14-15H,9H2,1H3,(H,21,22)/t14-,15+/m1/s1.